The monoisotopic (exact) mass is 392 g/mol. The van der Waals surface area contributed by atoms with E-state index >= 15 is 0 Å². The number of amides is 1. The summed E-state index contributed by atoms with van der Waals surface area (Å²) < 4.78 is 5.50. The predicted octanol–water partition coefficient (Wildman–Crippen LogP) is 1.59. The number of piperazine rings is 1. The van der Waals surface area contributed by atoms with Gasteiger partial charge in [0.05, 0.1) is 15.8 Å². The molecule has 1 N–H and O–H groups in total. The smallest absolute Gasteiger partial charge is 0.324 e. The molecule has 144 valence electrons. The molecule has 2 aromatic heterocycles. The van der Waals surface area contributed by atoms with Crippen LogP contribution in [-0.2, 0) is 0 Å². The summed E-state index contributed by atoms with van der Waals surface area (Å²) in [4.78, 5) is 32.0. The van der Waals surface area contributed by atoms with Crippen LogP contribution in [-0.4, -0.2) is 64.0 Å². The maximum absolute atomic E-state index is 12.8. The highest BCUT2D eigenvalue weighted by molar-refractivity contribution is 7.17. The van der Waals surface area contributed by atoms with Gasteiger partial charge in [0.2, 0.25) is 5.89 Å². The molecule has 11 heteroatoms. The summed E-state index contributed by atoms with van der Waals surface area (Å²) in [6, 6.07) is 2.62. The molecule has 0 aromatic carbocycles. The van der Waals surface area contributed by atoms with E-state index in [4.69, 9.17) is 4.52 Å². The second-order valence-corrected chi connectivity index (χ2v) is 7.81. The summed E-state index contributed by atoms with van der Waals surface area (Å²) in [7, 11) is 2.02. The van der Waals surface area contributed by atoms with Gasteiger partial charge in [-0.05, 0) is 26.0 Å². The molecule has 2 aliphatic heterocycles. The van der Waals surface area contributed by atoms with Crippen LogP contribution in [0.5, 0.6) is 0 Å². The molecule has 4 rings (SSSR count). The first-order valence-electron chi connectivity index (χ1n) is 8.84. The summed E-state index contributed by atoms with van der Waals surface area (Å²) >= 11 is 0.890. The van der Waals surface area contributed by atoms with Gasteiger partial charge < -0.3 is 14.7 Å². The lowest BCUT2D eigenvalue weighted by molar-refractivity contribution is -0.380. The standard InChI is InChI=1S/C16H20N6O4S/c1-20-8-6-17-9-11(20)14-18-15(26-19-14)10-3-2-7-21(10)16(23)12-4-5-13(27-12)22(24)25/h4-5,10-11,17H,2-3,6-9H2,1H3. The van der Waals surface area contributed by atoms with Crippen LogP contribution in [0.3, 0.4) is 0 Å². The highest BCUT2D eigenvalue weighted by Crippen LogP contribution is 2.35. The summed E-state index contributed by atoms with van der Waals surface area (Å²) in [6.07, 6.45) is 1.56. The molecular formula is C16H20N6O4S. The van der Waals surface area contributed by atoms with E-state index in [1.54, 1.807) is 4.90 Å². The molecule has 2 saturated heterocycles. The number of thiophene rings is 1. The average molecular weight is 392 g/mol. The van der Waals surface area contributed by atoms with Crippen molar-refractivity contribution >= 4 is 22.2 Å². The summed E-state index contributed by atoms with van der Waals surface area (Å²) in [5.41, 5.74) is 0. The van der Waals surface area contributed by atoms with Crippen molar-refractivity contribution in [3.63, 3.8) is 0 Å². The van der Waals surface area contributed by atoms with Gasteiger partial charge in [-0.3, -0.25) is 19.8 Å². The zero-order chi connectivity index (χ0) is 19.0. The van der Waals surface area contributed by atoms with E-state index in [2.05, 4.69) is 20.4 Å². The predicted molar refractivity (Wildman–Crippen MR) is 96.5 cm³/mol. The minimum Gasteiger partial charge on any atom is -0.337 e. The normalized spacial score (nSPS) is 23.7. The van der Waals surface area contributed by atoms with Crippen LogP contribution >= 0.6 is 11.3 Å². The van der Waals surface area contributed by atoms with E-state index in [1.807, 2.05) is 7.05 Å². The van der Waals surface area contributed by atoms with Crippen molar-refractivity contribution in [2.45, 2.75) is 24.9 Å². The molecule has 0 saturated carbocycles. The third-order valence-electron chi connectivity index (χ3n) is 5.05. The van der Waals surface area contributed by atoms with Crippen LogP contribution in [0.2, 0.25) is 0 Å². The Morgan fingerprint density at radius 1 is 1.41 bits per heavy atom. The van der Waals surface area contributed by atoms with Crippen molar-refractivity contribution < 1.29 is 14.2 Å². The highest BCUT2D eigenvalue weighted by Gasteiger charge is 2.36. The third kappa shape index (κ3) is 3.45. The molecule has 2 aromatic rings. The van der Waals surface area contributed by atoms with E-state index in [-0.39, 0.29) is 23.0 Å². The van der Waals surface area contributed by atoms with Gasteiger partial charge >= 0.3 is 5.00 Å². The van der Waals surface area contributed by atoms with E-state index in [9.17, 15) is 14.9 Å². The van der Waals surface area contributed by atoms with Gasteiger partial charge in [-0.2, -0.15) is 4.98 Å². The van der Waals surface area contributed by atoms with Gasteiger partial charge in [-0.1, -0.05) is 16.5 Å². The van der Waals surface area contributed by atoms with E-state index in [0.717, 1.165) is 43.8 Å². The largest absolute Gasteiger partial charge is 0.337 e. The molecule has 4 heterocycles. The maximum Gasteiger partial charge on any atom is 0.324 e. The second-order valence-electron chi connectivity index (χ2n) is 6.74. The van der Waals surface area contributed by atoms with Crippen molar-refractivity contribution in [3.05, 3.63) is 38.8 Å². The Hall–Kier alpha value is -2.37. The Labute approximate surface area is 159 Å². The Morgan fingerprint density at radius 2 is 2.26 bits per heavy atom. The van der Waals surface area contributed by atoms with Crippen molar-refractivity contribution in [2.75, 3.05) is 33.2 Å². The molecule has 0 aliphatic carbocycles. The van der Waals surface area contributed by atoms with Gasteiger partial charge in [0.25, 0.3) is 5.91 Å². The SMILES string of the molecule is CN1CCNCC1c1noc(C2CCCN2C(=O)c2ccc([N+](=O)[O-])s2)n1. The number of nitro groups is 1. The summed E-state index contributed by atoms with van der Waals surface area (Å²) in [6.45, 7) is 3.15. The lowest BCUT2D eigenvalue weighted by Crippen LogP contribution is -2.44. The van der Waals surface area contributed by atoms with Crippen LogP contribution in [0.15, 0.2) is 16.7 Å². The molecular weight excluding hydrogens is 372 g/mol. The average Bonchev–Trinajstić information content (AvgIpc) is 3.40. The number of rotatable bonds is 4. The number of carbonyl (C=O) groups excluding carboxylic acids is 1. The first-order valence-corrected chi connectivity index (χ1v) is 9.66. The number of carbonyl (C=O) groups is 1. The van der Waals surface area contributed by atoms with Crippen LogP contribution in [0.25, 0.3) is 0 Å². The van der Waals surface area contributed by atoms with Gasteiger partial charge in [0, 0.05) is 32.2 Å². The summed E-state index contributed by atoms with van der Waals surface area (Å²) in [5, 5.41) is 18.3. The van der Waals surface area contributed by atoms with Crippen LogP contribution in [0, 0.1) is 10.1 Å². The zero-order valence-corrected chi connectivity index (χ0v) is 15.6. The Morgan fingerprint density at radius 3 is 3.00 bits per heavy atom. The van der Waals surface area contributed by atoms with Crippen molar-refractivity contribution in [3.8, 4) is 0 Å². The topological polar surface area (TPSA) is 118 Å². The van der Waals surface area contributed by atoms with Gasteiger partial charge in [0.15, 0.2) is 5.82 Å². The number of nitrogens with zero attached hydrogens (tertiary/aromatic N) is 5. The maximum atomic E-state index is 12.8. The second kappa shape index (κ2) is 7.33. The molecule has 2 fully saturated rings. The zero-order valence-electron chi connectivity index (χ0n) is 14.8. The molecule has 0 radical (unpaired) electrons. The van der Waals surface area contributed by atoms with Gasteiger partial charge in [0.1, 0.15) is 6.04 Å². The van der Waals surface area contributed by atoms with Crippen LogP contribution in [0.4, 0.5) is 5.00 Å². The number of likely N-dealkylation sites (N-methyl/N-ethyl adjacent to an activating group) is 1. The molecule has 10 nitrogen and oxygen atoms in total. The number of nitrogens with one attached hydrogen (secondary N) is 1. The Bertz CT molecular complexity index is 852. The number of hydrogen-bond donors (Lipinski definition) is 1. The minimum atomic E-state index is -0.484. The molecule has 27 heavy (non-hydrogen) atoms. The molecule has 2 aliphatic rings. The van der Waals surface area contributed by atoms with E-state index in [1.165, 1.54) is 12.1 Å². The first kappa shape index (κ1) is 18.0. The molecule has 2 atom stereocenters. The van der Waals surface area contributed by atoms with Crippen molar-refractivity contribution in [1.82, 2.24) is 25.3 Å². The minimum absolute atomic E-state index is 0.0398. The highest BCUT2D eigenvalue weighted by atomic mass is 32.1. The molecule has 1 amide bonds. The van der Waals surface area contributed by atoms with E-state index in [0.29, 0.717) is 23.1 Å². The molecule has 0 spiro atoms. The number of aromatic nitrogens is 2. The number of hydrogen-bond acceptors (Lipinski definition) is 9. The molecule has 2 unspecified atom stereocenters. The Kier molecular flexibility index (Phi) is 4.89. The van der Waals surface area contributed by atoms with Crippen molar-refractivity contribution in [1.29, 1.82) is 0 Å². The van der Waals surface area contributed by atoms with Crippen molar-refractivity contribution in [2.24, 2.45) is 0 Å². The quantitative estimate of drug-likeness (QED) is 0.616. The Balaban J connectivity index is 1.53. The van der Waals surface area contributed by atoms with E-state index < -0.39 is 4.92 Å². The van der Waals surface area contributed by atoms with Crippen LogP contribution in [0.1, 0.15) is 46.3 Å². The fourth-order valence-corrected chi connectivity index (χ4v) is 4.34. The molecule has 0 bridgehead atoms. The lowest BCUT2D eigenvalue weighted by Gasteiger charge is -2.30. The van der Waals surface area contributed by atoms with Crippen LogP contribution < -0.4 is 5.32 Å². The number of likely N-dealkylation sites (tertiary alicyclic amines) is 1. The fraction of sp³-hybridized carbons (Fsp3) is 0.562. The van der Waals surface area contributed by atoms with Gasteiger partial charge in [-0.25, -0.2) is 0 Å². The van der Waals surface area contributed by atoms with Gasteiger partial charge in [-0.15, -0.1) is 0 Å². The lowest BCUT2D eigenvalue weighted by atomic mass is 10.2. The fourth-order valence-electron chi connectivity index (χ4n) is 3.56. The summed E-state index contributed by atoms with van der Waals surface area (Å²) in [5.74, 6) is 0.818. The first-order chi connectivity index (χ1) is 13.0. The third-order valence-corrected chi connectivity index (χ3v) is 6.07.